The largest absolute Gasteiger partial charge is 0.481 e. The molecule has 0 fully saturated rings. The normalized spacial score (nSPS) is 14.1. The Morgan fingerprint density at radius 1 is 0.697 bits per heavy atom. The third kappa shape index (κ3) is 12.0. The van der Waals surface area contributed by atoms with Crippen LogP contribution >= 0.6 is 0 Å². The van der Waals surface area contributed by atoms with Crippen molar-refractivity contribution in [3.63, 3.8) is 0 Å². The summed E-state index contributed by atoms with van der Waals surface area (Å²) in [5, 5.41) is 33.3. The summed E-state index contributed by atoms with van der Waals surface area (Å²) in [7, 11) is 0. The molecule has 5 amide bonds. The summed E-state index contributed by atoms with van der Waals surface area (Å²) in [5.41, 5.74) is 15.5. The van der Waals surface area contributed by atoms with E-state index in [1.165, 1.54) is 0 Å². The number of amides is 5. The van der Waals surface area contributed by atoms with Gasteiger partial charge >= 0.3 is 11.9 Å². The highest BCUT2D eigenvalue weighted by atomic mass is 16.4. The fourth-order valence-corrected chi connectivity index (χ4v) is 2.38. The second-order valence-electron chi connectivity index (χ2n) is 6.92. The number of hydrogen-bond donors (Lipinski definition) is 9. The summed E-state index contributed by atoms with van der Waals surface area (Å²) >= 11 is 0. The van der Waals surface area contributed by atoms with Crippen LogP contribution in [0.3, 0.4) is 0 Å². The maximum absolute atomic E-state index is 12.6. The first-order chi connectivity index (χ1) is 15.3. The SMILES string of the molecule is NC(=O)CCC(NC(=O)C(N)CCC(=O)O)C(=O)NC(CO)C(=O)NC(CC(N)=O)C(=O)O. The Morgan fingerprint density at radius 3 is 1.67 bits per heavy atom. The smallest absolute Gasteiger partial charge is 0.326 e. The number of carboxylic acids is 2. The van der Waals surface area contributed by atoms with Gasteiger partial charge in [0, 0.05) is 12.8 Å². The van der Waals surface area contributed by atoms with Crippen molar-refractivity contribution in [2.75, 3.05) is 6.61 Å². The molecule has 4 unspecified atom stereocenters. The third-order valence-electron chi connectivity index (χ3n) is 4.15. The van der Waals surface area contributed by atoms with E-state index in [9.17, 15) is 38.7 Å². The van der Waals surface area contributed by atoms with Crippen molar-refractivity contribution in [2.45, 2.75) is 56.3 Å². The lowest BCUT2D eigenvalue weighted by Crippen LogP contribution is -2.58. The minimum Gasteiger partial charge on any atom is -0.481 e. The molecule has 0 aliphatic heterocycles. The van der Waals surface area contributed by atoms with Crippen LogP contribution < -0.4 is 33.2 Å². The number of carbonyl (C=O) groups is 7. The van der Waals surface area contributed by atoms with Gasteiger partial charge in [-0.2, -0.15) is 0 Å². The summed E-state index contributed by atoms with van der Waals surface area (Å²) in [6, 6.07) is -6.17. The van der Waals surface area contributed by atoms with Crippen molar-refractivity contribution in [3.05, 3.63) is 0 Å². The van der Waals surface area contributed by atoms with E-state index in [2.05, 4.69) is 10.6 Å². The van der Waals surface area contributed by atoms with Gasteiger partial charge in [0.15, 0.2) is 0 Å². The molecule has 0 heterocycles. The molecule has 4 atom stereocenters. The molecule has 0 radical (unpaired) electrons. The molecule has 16 nitrogen and oxygen atoms in total. The fourth-order valence-electron chi connectivity index (χ4n) is 2.38. The Labute approximate surface area is 187 Å². The van der Waals surface area contributed by atoms with Gasteiger partial charge in [-0.15, -0.1) is 0 Å². The number of nitrogens with two attached hydrogens (primary N) is 3. The summed E-state index contributed by atoms with van der Waals surface area (Å²) in [4.78, 5) is 80.7. The molecule has 0 saturated heterocycles. The predicted octanol–water partition coefficient (Wildman–Crippen LogP) is -5.15. The van der Waals surface area contributed by atoms with E-state index >= 15 is 0 Å². The molecule has 0 spiro atoms. The van der Waals surface area contributed by atoms with Gasteiger partial charge in [0.05, 0.1) is 19.1 Å². The summed E-state index contributed by atoms with van der Waals surface area (Å²) in [5.74, 6) is -7.77. The fraction of sp³-hybridized carbons (Fsp3) is 0.588. The van der Waals surface area contributed by atoms with Gasteiger partial charge in [0.1, 0.15) is 18.1 Å². The van der Waals surface area contributed by atoms with Gasteiger partial charge in [-0.25, -0.2) is 4.79 Å². The van der Waals surface area contributed by atoms with E-state index in [1.54, 1.807) is 0 Å². The van der Waals surface area contributed by atoms with Gasteiger partial charge in [0.25, 0.3) is 0 Å². The first kappa shape index (κ1) is 29.2. The highest BCUT2D eigenvalue weighted by Gasteiger charge is 2.30. The van der Waals surface area contributed by atoms with Gasteiger partial charge in [0.2, 0.25) is 29.5 Å². The summed E-state index contributed by atoms with van der Waals surface area (Å²) in [6.45, 7) is -0.991. The predicted molar refractivity (Wildman–Crippen MR) is 108 cm³/mol. The summed E-state index contributed by atoms with van der Waals surface area (Å²) in [6.07, 6.45) is -2.10. The topological polar surface area (TPSA) is 294 Å². The van der Waals surface area contributed by atoms with E-state index in [4.69, 9.17) is 27.4 Å². The number of aliphatic carboxylic acids is 2. The molecule has 0 aliphatic rings. The van der Waals surface area contributed by atoms with Gasteiger partial charge in [-0.05, 0) is 12.8 Å². The lowest BCUT2D eigenvalue weighted by atomic mass is 10.1. The lowest BCUT2D eigenvalue weighted by Gasteiger charge is -2.24. The molecule has 0 bridgehead atoms. The first-order valence-electron chi connectivity index (χ1n) is 9.57. The Morgan fingerprint density at radius 2 is 1.21 bits per heavy atom. The van der Waals surface area contributed by atoms with Crippen molar-refractivity contribution in [1.29, 1.82) is 0 Å². The van der Waals surface area contributed by atoms with Crippen molar-refractivity contribution in [2.24, 2.45) is 17.2 Å². The van der Waals surface area contributed by atoms with Crippen LogP contribution in [-0.2, 0) is 33.6 Å². The minimum absolute atomic E-state index is 0.247. The monoisotopic (exact) mass is 476 g/mol. The molecule has 33 heavy (non-hydrogen) atoms. The zero-order chi connectivity index (χ0) is 25.7. The molecule has 0 rings (SSSR count). The Kier molecular flexibility index (Phi) is 12.7. The van der Waals surface area contributed by atoms with Crippen LogP contribution in [0.15, 0.2) is 0 Å². The van der Waals surface area contributed by atoms with Crippen LogP contribution in [0, 0.1) is 0 Å². The van der Waals surface area contributed by atoms with Gasteiger partial charge in [-0.3, -0.25) is 28.8 Å². The van der Waals surface area contributed by atoms with E-state index in [-0.39, 0.29) is 19.3 Å². The number of rotatable bonds is 16. The average molecular weight is 476 g/mol. The molecular formula is C17H28N6O10. The van der Waals surface area contributed by atoms with Crippen LogP contribution in [-0.4, -0.2) is 87.6 Å². The van der Waals surface area contributed by atoms with Crippen LogP contribution in [0.25, 0.3) is 0 Å². The molecule has 0 aromatic heterocycles. The maximum Gasteiger partial charge on any atom is 0.326 e. The molecule has 12 N–H and O–H groups in total. The standard InChI is InChI=1S/C17H28N6O10/c18-7(1-4-13(27)28)14(29)21-8(2-3-11(19)25)15(30)23-10(6-24)16(31)22-9(17(32)33)5-12(20)26/h7-10,24H,1-6,18H2,(H2,19,25)(H2,20,26)(H,21,29)(H,22,31)(H,23,30)(H,27,28)(H,32,33). The number of nitrogens with one attached hydrogen (secondary N) is 3. The molecule has 0 saturated carbocycles. The number of hydrogen-bond acceptors (Lipinski definition) is 9. The molecular weight excluding hydrogens is 448 g/mol. The quantitative estimate of drug-likeness (QED) is 0.101. The molecule has 0 aromatic carbocycles. The summed E-state index contributed by atoms with van der Waals surface area (Å²) < 4.78 is 0. The molecule has 16 heteroatoms. The first-order valence-corrected chi connectivity index (χ1v) is 9.57. The average Bonchev–Trinajstić information content (AvgIpc) is 2.71. The van der Waals surface area contributed by atoms with Gasteiger partial charge in [-0.1, -0.05) is 0 Å². The highest BCUT2D eigenvalue weighted by molar-refractivity contribution is 5.95. The van der Waals surface area contributed by atoms with Crippen LogP contribution in [0.4, 0.5) is 0 Å². The molecule has 0 aromatic rings. The van der Waals surface area contributed by atoms with Gasteiger partial charge < -0.3 is 48.5 Å². The Bertz CT molecular complexity index is 773. The highest BCUT2D eigenvalue weighted by Crippen LogP contribution is 2.02. The molecule has 0 aliphatic carbocycles. The number of primary amides is 2. The maximum atomic E-state index is 12.6. The number of aliphatic hydroxyl groups is 1. The Balaban J connectivity index is 5.31. The van der Waals surface area contributed by atoms with Crippen molar-refractivity contribution in [1.82, 2.24) is 16.0 Å². The third-order valence-corrected chi connectivity index (χ3v) is 4.15. The van der Waals surface area contributed by atoms with Crippen molar-refractivity contribution in [3.8, 4) is 0 Å². The van der Waals surface area contributed by atoms with E-state index in [0.717, 1.165) is 0 Å². The molecule has 186 valence electrons. The number of carbonyl (C=O) groups excluding carboxylic acids is 5. The van der Waals surface area contributed by atoms with Crippen LogP contribution in [0.2, 0.25) is 0 Å². The van der Waals surface area contributed by atoms with Crippen LogP contribution in [0.5, 0.6) is 0 Å². The van der Waals surface area contributed by atoms with Crippen LogP contribution in [0.1, 0.15) is 32.1 Å². The van der Waals surface area contributed by atoms with E-state index < -0.39 is 85.1 Å². The zero-order valence-electron chi connectivity index (χ0n) is 17.5. The second kappa shape index (κ2) is 14.3. The van der Waals surface area contributed by atoms with Crippen molar-refractivity contribution >= 4 is 41.5 Å². The Hall–Kier alpha value is -3.79. The van der Waals surface area contributed by atoms with E-state index in [0.29, 0.717) is 0 Å². The minimum atomic E-state index is -1.72. The zero-order valence-corrected chi connectivity index (χ0v) is 17.5. The number of carboxylic acid groups (broad SMARTS) is 2. The number of aliphatic hydroxyl groups excluding tert-OH is 1. The lowest BCUT2D eigenvalue weighted by molar-refractivity contribution is -0.144. The van der Waals surface area contributed by atoms with E-state index in [1.807, 2.05) is 5.32 Å². The second-order valence-corrected chi connectivity index (χ2v) is 6.92. The van der Waals surface area contributed by atoms with Crippen molar-refractivity contribution < 1.29 is 48.9 Å².